The molecule has 3 rings (SSSR count). The third-order valence-electron chi connectivity index (χ3n) is 3.93. The van der Waals surface area contributed by atoms with Crippen molar-refractivity contribution in [2.24, 2.45) is 0 Å². The van der Waals surface area contributed by atoms with E-state index in [9.17, 15) is 19.1 Å². The van der Waals surface area contributed by atoms with E-state index in [1.165, 1.54) is 22.8 Å². The van der Waals surface area contributed by atoms with Crippen LogP contribution in [0.4, 0.5) is 4.39 Å². The number of benzene rings is 1. The molecule has 1 aromatic carbocycles. The van der Waals surface area contributed by atoms with Crippen molar-refractivity contribution >= 4 is 16.9 Å². The lowest BCUT2D eigenvalue weighted by Crippen LogP contribution is -2.21. The molecule has 104 valence electrons. The first-order valence-electron chi connectivity index (χ1n) is 6.66. The fraction of sp³-hybridized carbons (Fsp3) is 0.333. The molecule has 0 radical (unpaired) electrons. The normalized spacial score (nSPS) is 15.8. The van der Waals surface area contributed by atoms with Gasteiger partial charge in [0.2, 0.25) is 0 Å². The van der Waals surface area contributed by atoms with Crippen molar-refractivity contribution in [2.45, 2.75) is 31.7 Å². The second-order valence-electron chi connectivity index (χ2n) is 5.14. The molecule has 1 saturated carbocycles. The Hall–Kier alpha value is -2.17. The van der Waals surface area contributed by atoms with E-state index < -0.39 is 17.2 Å². The van der Waals surface area contributed by atoms with E-state index >= 15 is 0 Å². The van der Waals surface area contributed by atoms with Gasteiger partial charge in [0.15, 0.2) is 5.43 Å². The predicted molar refractivity (Wildman–Crippen MR) is 72.6 cm³/mol. The summed E-state index contributed by atoms with van der Waals surface area (Å²) < 4.78 is 15.7. The standard InChI is InChI=1S/C15H14FNO3/c16-11-7-3-6-10-13(18)8-12(15(19)20)17(14(10)11)9-4-1-2-5-9/h3,6-9H,1-2,4-5H2,(H,19,20). The Morgan fingerprint density at radius 1 is 1.30 bits per heavy atom. The minimum Gasteiger partial charge on any atom is -0.477 e. The summed E-state index contributed by atoms with van der Waals surface area (Å²) in [6.45, 7) is 0. The Bertz CT molecular complexity index is 745. The molecule has 0 spiro atoms. The van der Waals surface area contributed by atoms with Gasteiger partial charge in [-0.05, 0) is 25.0 Å². The third kappa shape index (κ3) is 1.90. The summed E-state index contributed by atoms with van der Waals surface area (Å²) in [7, 11) is 0. The zero-order valence-corrected chi connectivity index (χ0v) is 10.8. The number of rotatable bonds is 2. The summed E-state index contributed by atoms with van der Waals surface area (Å²) in [6.07, 6.45) is 3.61. The highest BCUT2D eigenvalue weighted by molar-refractivity contribution is 5.90. The van der Waals surface area contributed by atoms with Crippen molar-refractivity contribution in [1.29, 1.82) is 0 Å². The number of halogens is 1. The Morgan fingerprint density at radius 2 is 2.00 bits per heavy atom. The minimum atomic E-state index is -1.20. The van der Waals surface area contributed by atoms with Gasteiger partial charge in [0.25, 0.3) is 0 Å². The van der Waals surface area contributed by atoms with Crippen LogP contribution in [-0.4, -0.2) is 15.6 Å². The van der Waals surface area contributed by atoms with Gasteiger partial charge in [0.1, 0.15) is 11.5 Å². The predicted octanol–water partition coefficient (Wildman–Crippen LogP) is 2.95. The van der Waals surface area contributed by atoms with Gasteiger partial charge in [-0.2, -0.15) is 0 Å². The molecule has 0 amide bonds. The van der Waals surface area contributed by atoms with Crippen LogP contribution < -0.4 is 5.43 Å². The average molecular weight is 275 g/mol. The van der Waals surface area contributed by atoms with Crippen LogP contribution in [0.1, 0.15) is 42.2 Å². The van der Waals surface area contributed by atoms with Crippen LogP contribution >= 0.6 is 0 Å². The Morgan fingerprint density at radius 3 is 2.65 bits per heavy atom. The van der Waals surface area contributed by atoms with Crippen molar-refractivity contribution in [1.82, 2.24) is 4.57 Å². The highest BCUT2D eigenvalue weighted by Gasteiger charge is 2.25. The highest BCUT2D eigenvalue weighted by atomic mass is 19.1. The molecule has 0 atom stereocenters. The Labute approximate surface area is 114 Å². The Balaban J connectivity index is 2.43. The van der Waals surface area contributed by atoms with E-state index in [1.54, 1.807) is 0 Å². The summed E-state index contributed by atoms with van der Waals surface area (Å²) >= 11 is 0. The van der Waals surface area contributed by atoms with Gasteiger partial charge < -0.3 is 9.67 Å². The van der Waals surface area contributed by atoms with Crippen LogP contribution in [0.25, 0.3) is 10.9 Å². The van der Waals surface area contributed by atoms with E-state index in [0.29, 0.717) is 0 Å². The van der Waals surface area contributed by atoms with Crippen LogP contribution in [0.3, 0.4) is 0 Å². The van der Waals surface area contributed by atoms with Crippen molar-refractivity contribution in [2.75, 3.05) is 0 Å². The molecule has 5 heteroatoms. The second kappa shape index (κ2) is 4.74. The summed E-state index contributed by atoms with van der Waals surface area (Å²) in [4.78, 5) is 23.4. The number of para-hydroxylation sites is 1. The molecule has 1 N–H and O–H groups in total. The lowest BCUT2D eigenvalue weighted by Gasteiger charge is -2.20. The largest absolute Gasteiger partial charge is 0.477 e. The maximum Gasteiger partial charge on any atom is 0.352 e. The second-order valence-corrected chi connectivity index (χ2v) is 5.14. The molecular formula is C15H14FNO3. The van der Waals surface area contributed by atoms with Gasteiger partial charge in [0.05, 0.1) is 5.52 Å². The molecule has 1 heterocycles. The van der Waals surface area contributed by atoms with Crippen LogP contribution in [0.5, 0.6) is 0 Å². The van der Waals surface area contributed by atoms with Gasteiger partial charge >= 0.3 is 5.97 Å². The van der Waals surface area contributed by atoms with Gasteiger partial charge in [-0.1, -0.05) is 18.9 Å². The van der Waals surface area contributed by atoms with Gasteiger partial charge in [0, 0.05) is 17.5 Å². The molecular weight excluding hydrogens is 261 g/mol. The first kappa shape index (κ1) is 12.8. The number of carboxylic acids is 1. The topological polar surface area (TPSA) is 59.3 Å². The number of aromatic carboxylic acids is 1. The van der Waals surface area contributed by atoms with Crippen LogP contribution in [0.2, 0.25) is 0 Å². The highest BCUT2D eigenvalue weighted by Crippen LogP contribution is 2.33. The van der Waals surface area contributed by atoms with E-state index in [2.05, 4.69) is 0 Å². The van der Waals surface area contributed by atoms with Crippen molar-refractivity contribution in [3.05, 3.63) is 46.0 Å². The first-order chi connectivity index (χ1) is 9.59. The molecule has 1 fully saturated rings. The molecule has 0 aliphatic heterocycles. The molecule has 4 nitrogen and oxygen atoms in total. The van der Waals surface area contributed by atoms with Gasteiger partial charge in [-0.25, -0.2) is 9.18 Å². The molecule has 20 heavy (non-hydrogen) atoms. The number of aromatic nitrogens is 1. The number of hydrogen-bond donors (Lipinski definition) is 1. The molecule has 1 aromatic heterocycles. The molecule has 1 aliphatic rings. The number of nitrogens with zero attached hydrogens (tertiary/aromatic N) is 1. The number of pyridine rings is 1. The summed E-state index contributed by atoms with van der Waals surface area (Å²) in [6, 6.07) is 5.32. The maximum atomic E-state index is 14.2. The average Bonchev–Trinajstić information content (AvgIpc) is 2.93. The first-order valence-corrected chi connectivity index (χ1v) is 6.66. The van der Waals surface area contributed by atoms with Crippen LogP contribution in [0.15, 0.2) is 29.1 Å². The Kier molecular flexibility index (Phi) is 3.04. The van der Waals surface area contributed by atoms with E-state index in [-0.39, 0.29) is 22.6 Å². The molecule has 0 unspecified atom stereocenters. The summed E-state index contributed by atoms with van der Waals surface area (Å²) in [5.74, 6) is -1.74. The van der Waals surface area contributed by atoms with Gasteiger partial charge in [-0.15, -0.1) is 0 Å². The quantitative estimate of drug-likeness (QED) is 0.916. The lowest BCUT2D eigenvalue weighted by atomic mass is 10.1. The van der Waals surface area contributed by atoms with Crippen molar-refractivity contribution < 1.29 is 14.3 Å². The van der Waals surface area contributed by atoms with Gasteiger partial charge in [-0.3, -0.25) is 4.79 Å². The molecule has 0 saturated heterocycles. The maximum absolute atomic E-state index is 14.2. The zero-order valence-electron chi connectivity index (χ0n) is 10.8. The molecule has 0 bridgehead atoms. The monoisotopic (exact) mass is 275 g/mol. The van der Waals surface area contributed by atoms with Crippen LogP contribution in [0, 0.1) is 5.82 Å². The number of hydrogen-bond acceptors (Lipinski definition) is 2. The fourth-order valence-electron chi connectivity index (χ4n) is 3.06. The third-order valence-corrected chi connectivity index (χ3v) is 3.93. The van der Waals surface area contributed by atoms with E-state index in [4.69, 9.17) is 0 Å². The van der Waals surface area contributed by atoms with Crippen LogP contribution in [-0.2, 0) is 0 Å². The molecule has 2 aromatic rings. The fourth-order valence-corrected chi connectivity index (χ4v) is 3.06. The van der Waals surface area contributed by atoms with Crippen molar-refractivity contribution in [3.8, 4) is 0 Å². The smallest absolute Gasteiger partial charge is 0.352 e. The summed E-state index contributed by atoms with van der Waals surface area (Å²) in [5, 5.41) is 9.56. The zero-order chi connectivity index (χ0) is 14.3. The number of carboxylic acid groups (broad SMARTS) is 1. The molecule has 1 aliphatic carbocycles. The van der Waals surface area contributed by atoms with E-state index in [0.717, 1.165) is 31.7 Å². The number of fused-ring (bicyclic) bond motifs is 1. The minimum absolute atomic E-state index is 0.0545. The summed E-state index contributed by atoms with van der Waals surface area (Å²) in [5.41, 5.74) is -0.463. The van der Waals surface area contributed by atoms with E-state index in [1.807, 2.05) is 0 Å². The SMILES string of the molecule is O=C(O)c1cc(=O)c2cccc(F)c2n1C1CCCC1. The van der Waals surface area contributed by atoms with Crippen molar-refractivity contribution in [3.63, 3.8) is 0 Å². The lowest BCUT2D eigenvalue weighted by molar-refractivity contribution is 0.0682. The number of carbonyl (C=O) groups is 1.